The number of hydrogen-bond acceptors (Lipinski definition) is 3. The number of nitrogens with zero attached hydrogens (tertiary/aromatic N) is 1. The highest BCUT2D eigenvalue weighted by Crippen LogP contribution is 2.28. The van der Waals surface area contributed by atoms with E-state index < -0.39 is 0 Å². The lowest BCUT2D eigenvalue weighted by molar-refractivity contribution is 1.29. The van der Waals surface area contributed by atoms with Gasteiger partial charge in [0.1, 0.15) is 10.8 Å². The molecule has 3 nitrogen and oxygen atoms in total. The number of anilines is 2. The van der Waals surface area contributed by atoms with Gasteiger partial charge in [-0.05, 0) is 46.3 Å². The quantitative estimate of drug-likeness (QED) is 0.831. The van der Waals surface area contributed by atoms with E-state index in [0.717, 1.165) is 15.7 Å². The molecule has 0 spiro atoms. The molecule has 0 bridgehead atoms. The van der Waals surface area contributed by atoms with Gasteiger partial charge in [0.25, 0.3) is 0 Å². The Morgan fingerprint density at radius 3 is 2.72 bits per heavy atom. The van der Waals surface area contributed by atoms with Crippen molar-refractivity contribution in [2.24, 2.45) is 5.73 Å². The summed E-state index contributed by atoms with van der Waals surface area (Å²) in [5.74, 6) is 0.693. The van der Waals surface area contributed by atoms with Crippen LogP contribution in [0, 0.1) is 0 Å². The maximum Gasteiger partial charge on any atom is 0.130 e. The lowest BCUT2D eigenvalue weighted by Crippen LogP contribution is -2.09. The van der Waals surface area contributed by atoms with Gasteiger partial charge in [0.05, 0.1) is 5.69 Å². The first-order chi connectivity index (χ1) is 8.56. The number of nitrogens with one attached hydrogen (secondary N) is 1. The van der Waals surface area contributed by atoms with Crippen LogP contribution in [0.15, 0.2) is 41.0 Å². The normalized spacial score (nSPS) is 10.1. The molecule has 0 aliphatic heterocycles. The van der Waals surface area contributed by atoms with Crippen LogP contribution in [-0.2, 0) is 0 Å². The van der Waals surface area contributed by atoms with Gasteiger partial charge in [0.2, 0.25) is 0 Å². The number of aromatic nitrogens is 1. The van der Waals surface area contributed by atoms with Crippen molar-refractivity contribution < 1.29 is 0 Å². The zero-order chi connectivity index (χ0) is 13.1. The molecule has 6 heteroatoms. The highest BCUT2D eigenvalue weighted by molar-refractivity contribution is 9.10. The standard InChI is InChI=1S/C12H9BrClN3S/c13-9-3-2-8(14)5-10(9)17-11-4-1-7(6-16-11)12(15)18/h1-6H,(H2,15,18)(H,16,17). The molecule has 3 N–H and O–H groups in total. The van der Waals surface area contributed by atoms with E-state index in [-0.39, 0.29) is 0 Å². The summed E-state index contributed by atoms with van der Waals surface area (Å²) in [5.41, 5.74) is 7.09. The fourth-order valence-electron chi connectivity index (χ4n) is 1.34. The molecule has 1 aromatic heterocycles. The summed E-state index contributed by atoms with van der Waals surface area (Å²) in [6.45, 7) is 0. The number of rotatable bonds is 3. The minimum atomic E-state index is 0.331. The lowest BCUT2D eigenvalue weighted by Gasteiger charge is -2.08. The third-order valence-corrected chi connectivity index (χ3v) is 3.40. The zero-order valence-corrected chi connectivity index (χ0v) is 12.3. The van der Waals surface area contributed by atoms with E-state index in [0.29, 0.717) is 15.8 Å². The summed E-state index contributed by atoms with van der Waals surface area (Å²) in [6, 6.07) is 9.11. The van der Waals surface area contributed by atoms with Crippen molar-refractivity contribution in [3.63, 3.8) is 0 Å². The molecule has 1 heterocycles. The average molecular weight is 343 g/mol. The van der Waals surface area contributed by atoms with E-state index in [2.05, 4.69) is 26.2 Å². The predicted molar refractivity (Wildman–Crippen MR) is 82.6 cm³/mol. The van der Waals surface area contributed by atoms with Gasteiger partial charge in [-0.2, -0.15) is 0 Å². The minimum Gasteiger partial charge on any atom is -0.389 e. The molecule has 0 fully saturated rings. The van der Waals surface area contributed by atoms with E-state index >= 15 is 0 Å². The number of halogens is 2. The van der Waals surface area contributed by atoms with Crippen LogP contribution < -0.4 is 11.1 Å². The lowest BCUT2D eigenvalue weighted by atomic mass is 10.2. The van der Waals surface area contributed by atoms with Crippen molar-refractivity contribution in [1.29, 1.82) is 0 Å². The Hall–Kier alpha value is -1.17. The van der Waals surface area contributed by atoms with Crippen LogP contribution in [0.2, 0.25) is 5.02 Å². The Morgan fingerprint density at radius 2 is 2.11 bits per heavy atom. The van der Waals surface area contributed by atoms with E-state index in [1.165, 1.54) is 0 Å². The van der Waals surface area contributed by atoms with Gasteiger partial charge in [-0.25, -0.2) is 4.98 Å². The molecular formula is C12H9BrClN3S. The monoisotopic (exact) mass is 341 g/mol. The van der Waals surface area contributed by atoms with Crippen LogP contribution in [0.4, 0.5) is 11.5 Å². The van der Waals surface area contributed by atoms with Gasteiger partial charge in [0.15, 0.2) is 0 Å². The SMILES string of the molecule is NC(=S)c1ccc(Nc2cc(Cl)ccc2Br)nc1. The second-order valence-corrected chi connectivity index (χ2v) is 5.28. The Labute approximate surface area is 123 Å². The Kier molecular flexibility index (Phi) is 4.16. The van der Waals surface area contributed by atoms with Gasteiger partial charge < -0.3 is 11.1 Å². The molecule has 0 unspecified atom stereocenters. The molecule has 0 atom stereocenters. The van der Waals surface area contributed by atoms with Crippen LogP contribution in [0.1, 0.15) is 5.56 Å². The molecule has 0 aliphatic carbocycles. The van der Waals surface area contributed by atoms with Gasteiger partial charge in [-0.1, -0.05) is 23.8 Å². The average Bonchev–Trinajstić information content (AvgIpc) is 2.34. The molecule has 92 valence electrons. The predicted octanol–water partition coefficient (Wildman–Crippen LogP) is 3.88. The number of hydrogen-bond donors (Lipinski definition) is 2. The molecule has 0 saturated heterocycles. The molecule has 18 heavy (non-hydrogen) atoms. The summed E-state index contributed by atoms with van der Waals surface area (Å²) in [5, 5.41) is 3.81. The summed E-state index contributed by atoms with van der Waals surface area (Å²) in [4.78, 5) is 4.55. The van der Waals surface area contributed by atoms with Gasteiger partial charge in [-0.3, -0.25) is 0 Å². The zero-order valence-electron chi connectivity index (χ0n) is 9.15. The van der Waals surface area contributed by atoms with Gasteiger partial charge in [-0.15, -0.1) is 0 Å². The van der Waals surface area contributed by atoms with Crippen LogP contribution in [0.25, 0.3) is 0 Å². The first-order valence-corrected chi connectivity index (χ1v) is 6.62. The van der Waals surface area contributed by atoms with Crippen molar-refractivity contribution in [2.75, 3.05) is 5.32 Å². The van der Waals surface area contributed by atoms with Crippen molar-refractivity contribution in [3.05, 3.63) is 51.6 Å². The fourth-order valence-corrected chi connectivity index (χ4v) is 1.98. The van der Waals surface area contributed by atoms with Crippen LogP contribution >= 0.6 is 39.7 Å². The molecule has 2 rings (SSSR count). The highest BCUT2D eigenvalue weighted by Gasteiger charge is 2.03. The van der Waals surface area contributed by atoms with Gasteiger partial charge in [0, 0.05) is 21.3 Å². The maximum absolute atomic E-state index is 5.93. The summed E-state index contributed by atoms with van der Waals surface area (Å²) in [7, 11) is 0. The molecule has 2 aromatic rings. The summed E-state index contributed by atoms with van der Waals surface area (Å²) >= 11 is 14.2. The van der Waals surface area contributed by atoms with E-state index in [1.54, 1.807) is 12.3 Å². The minimum absolute atomic E-state index is 0.331. The van der Waals surface area contributed by atoms with Crippen molar-refractivity contribution in [2.45, 2.75) is 0 Å². The van der Waals surface area contributed by atoms with Crippen molar-refractivity contribution in [1.82, 2.24) is 4.98 Å². The molecule has 0 amide bonds. The number of benzene rings is 1. The summed E-state index contributed by atoms with van der Waals surface area (Å²) < 4.78 is 0.909. The fraction of sp³-hybridized carbons (Fsp3) is 0. The Balaban J connectivity index is 2.23. The smallest absolute Gasteiger partial charge is 0.130 e. The summed E-state index contributed by atoms with van der Waals surface area (Å²) in [6.07, 6.45) is 1.63. The van der Waals surface area contributed by atoms with Crippen LogP contribution in [-0.4, -0.2) is 9.97 Å². The van der Waals surface area contributed by atoms with E-state index in [1.807, 2.05) is 24.3 Å². The van der Waals surface area contributed by atoms with Gasteiger partial charge >= 0.3 is 0 Å². The second-order valence-electron chi connectivity index (χ2n) is 3.55. The first-order valence-electron chi connectivity index (χ1n) is 5.04. The van der Waals surface area contributed by atoms with Crippen molar-refractivity contribution in [3.8, 4) is 0 Å². The van der Waals surface area contributed by atoms with E-state index in [4.69, 9.17) is 29.6 Å². The third kappa shape index (κ3) is 3.19. The Bertz CT molecular complexity index is 586. The molecule has 0 aliphatic rings. The maximum atomic E-state index is 5.93. The number of nitrogens with two attached hydrogens (primary N) is 1. The number of pyridine rings is 1. The van der Waals surface area contributed by atoms with Crippen molar-refractivity contribution >= 4 is 56.2 Å². The topological polar surface area (TPSA) is 50.9 Å². The first kappa shape index (κ1) is 13.3. The third-order valence-electron chi connectivity index (χ3n) is 2.24. The molecular weight excluding hydrogens is 334 g/mol. The number of thiocarbonyl (C=S) groups is 1. The second kappa shape index (κ2) is 5.65. The molecule has 0 saturated carbocycles. The van der Waals surface area contributed by atoms with E-state index in [9.17, 15) is 0 Å². The van der Waals surface area contributed by atoms with Crippen LogP contribution in [0.3, 0.4) is 0 Å². The molecule has 0 radical (unpaired) electrons. The Morgan fingerprint density at radius 1 is 1.33 bits per heavy atom. The van der Waals surface area contributed by atoms with Crippen LogP contribution in [0.5, 0.6) is 0 Å². The molecule has 1 aromatic carbocycles. The largest absolute Gasteiger partial charge is 0.389 e. The highest BCUT2D eigenvalue weighted by atomic mass is 79.9.